The quantitative estimate of drug-likeness (QED) is 0.403. The molecule has 3 aromatic rings. The lowest BCUT2D eigenvalue weighted by Crippen LogP contribution is -2.41. The van der Waals surface area contributed by atoms with Gasteiger partial charge in [-0.15, -0.1) is 0 Å². The van der Waals surface area contributed by atoms with Crippen LogP contribution in [0.5, 0.6) is 5.75 Å². The molecule has 1 unspecified atom stereocenters. The van der Waals surface area contributed by atoms with E-state index in [1.165, 1.54) is 13.0 Å². The van der Waals surface area contributed by atoms with E-state index in [1.807, 2.05) is 37.3 Å². The first kappa shape index (κ1) is 20.1. The van der Waals surface area contributed by atoms with Crippen molar-refractivity contribution in [3.8, 4) is 5.75 Å². The number of fused-ring (bicyclic) bond motifs is 1. The van der Waals surface area contributed by atoms with Crippen molar-refractivity contribution in [3.05, 3.63) is 75.6 Å². The molecule has 2 aromatic carbocycles. The summed E-state index contributed by atoms with van der Waals surface area (Å²) in [6, 6.07) is 13.1. The van der Waals surface area contributed by atoms with Crippen LogP contribution in [-0.2, 0) is 16.1 Å². The van der Waals surface area contributed by atoms with Gasteiger partial charge in [0, 0.05) is 17.0 Å². The van der Waals surface area contributed by atoms with Crippen molar-refractivity contribution in [2.45, 2.75) is 33.4 Å². The molecule has 1 N–H and O–H groups in total. The van der Waals surface area contributed by atoms with Crippen LogP contribution < -0.4 is 15.7 Å². The molecule has 7 nitrogen and oxygen atoms in total. The van der Waals surface area contributed by atoms with Crippen LogP contribution in [0.3, 0.4) is 0 Å². The van der Waals surface area contributed by atoms with E-state index in [0.29, 0.717) is 11.1 Å². The van der Waals surface area contributed by atoms with Gasteiger partial charge in [0.25, 0.3) is 0 Å². The highest BCUT2D eigenvalue weighted by molar-refractivity contribution is 5.85. The summed E-state index contributed by atoms with van der Waals surface area (Å²) in [6.07, 6.45) is -0.728. The molecule has 3 rings (SSSR count). The summed E-state index contributed by atoms with van der Waals surface area (Å²) in [4.78, 5) is 36.0. The summed E-state index contributed by atoms with van der Waals surface area (Å²) in [6.45, 7) is 5.10. The van der Waals surface area contributed by atoms with Gasteiger partial charge >= 0.3 is 17.7 Å². The Kier molecular flexibility index (Phi) is 5.97. The molecular formula is C22H21NO6. The van der Waals surface area contributed by atoms with Crippen molar-refractivity contribution in [2.75, 3.05) is 0 Å². The number of nitrogens with one attached hydrogen (secondary N) is 1. The zero-order chi connectivity index (χ0) is 21.0. The molecule has 0 aliphatic carbocycles. The summed E-state index contributed by atoms with van der Waals surface area (Å²) < 4.78 is 15.6. The number of carbonyl (C=O) groups excluding carboxylic acids is 2. The normalized spacial score (nSPS) is 11.7. The molecule has 1 heterocycles. The van der Waals surface area contributed by atoms with Gasteiger partial charge in [0.05, 0.1) is 0 Å². The van der Waals surface area contributed by atoms with Gasteiger partial charge in [-0.2, -0.15) is 0 Å². The van der Waals surface area contributed by atoms with E-state index in [9.17, 15) is 14.4 Å². The number of amides is 1. The fourth-order valence-corrected chi connectivity index (χ4v) is 2.70. The van der Waals surface area contributed by atoms with Crippen molar-refractivity contribution in [3.63, 3.8) is 0 Å². The van der Waals surface area contributed by atoms with Gasteiger partial charge in [0.2, 0.25) is 0 Å². The van der Waals surface area contributed by atoms with Crippen LogP contribution in [0.1, 0.15) is 23.6 Å². The Morgan fingerprint density at radius 3 is 2.52 bits per heavy atom. The average molecular weight is 395 g/mol. The summed E-state index contributed by atoms with van der Waals surface area (Å²) in [5, 5.41) is 3.19. The molecule has 29 heavy (non-hydrogen) atoms. The minimum absolute atomic E-state index is 0.0942. The minimum atomic E-state index is -0.930. The van der Waals surface area contributed by atoms with Crippen LogP contribution in [0.25, 0.3) is 11.0 Å². The third-order valence-corrected chi connectivity index (χ3v) is 4.55. The predicted octanol–water partition coefficient (Wildman–Crippen LogP) is 3.63. The highest BCUT2D eigenvalue weighted by Crippen LogP contribution is 2.24. The van der Waals surface area contributed by atoms with E-state index >= 15 is 0 Å². The second-order valence-corrected chi connectivity index (χ2v) is 6.65. The Morgan fingerprint density at radius 2 is 1.79 bits per heavy atom. The van der Waals surface area contributed by atoms with Crippen molar-refractivity contribution in [1.29, 1.82) is 0 Å². The third kappa shape index (κ3) is 4.82. The van der Waals surface area contributed by atoms with E-state index in [-0.39, 0.29) is 12.4 Å². The van der Waals surface area contributed by atoms with E-state index in [4.69, 9.17) is 13.9 Å². The molecule has 0 spiro atoms. The van der Waals surface area contributed by atoms with E-state index in [0.717, 1.165) is 16.5 Å². The number of ether oxygens (including phenoxy) is 2. The monoisotopic (exact) mass is 395 g/mol. The van der Waals surface area contributed by atoms with Crippen molar-refractivity contribution in [1.82, 2.24) is 5.32 Å². The molecule has 0 bridgehead atoms. The first-order valence-corrected chi connectivity index (χ1v) is 9.08. The van der Waals surface area contributed by atoms with Gasteiger partial charge in [0.15, 0.2) is 0 Å². The Bertz CT molecular complexity index is 1100. The number of hydrogen-bond donors (Lipinski definition) is 1. The fourth-order valence-electron chi connectivity index (χ4n) is 2.70. The van der Waals surface area contributed by atoms with Crippen LogP contribution in [-0.4, -0.2) is 18.1 Å². The first-order chi connectivity index (χ1) is 13.8. The Morgan fingerprint density at radius 1 is 1.07 bits per heavy atom. The lowest BCUT2D eigenvalue weighted by atomic mass is 10.1. The van der Waals surface area contributed by atoms with E-state index in [2.05, 4.69) is 5.32 Å². The maximum Gasteiger partial charge on any atom is 0.408 e. The molecule has 0 aliphatic rings. The minimum Gasteiger partial charge on any atom is -0.445 e. The fraction of sp³-hybridized carbons (Fsp3) is 0.227. The maximum atomic E-state index is 12.3. The molecule has 0 radical (unpaired) electrons. The van der Waals surface area contributed by atoms with Crippen molar-refractivity contribution < 1.29 is 23.5 Å². The maximum absolute atomic E-state index is 12.3. The number of alkyl carbamates (subject to hydrolysis) is 1. The van der Waals surface area contributed by atoms with Crippen LogP contribution in [0.2, 0.25) is 0 Å². The molecule has 0 fully saturated rings. The largest absolute Gasteiger partial charge is 0.445 e. The van der Waals surface area contributed by atoms with Crippen LogP contribution in [0.15, 0.2) is 57.7 Å². The molecule has 1 atom stereocenters. The van der Waals surface area contributed by atoms with Gasteiger partial charge in [-0.1, -0.05) is 30.3 Å². The van der Waals surface area contributed by atoms with Gasteiger partial charge in [-0.05, 0) is 44.0 Å². The smallest absolute Gasteiger partial charge is 0.408 e. The van der Waals surface area contributed by atoms with Gasteiger partial charge in [-0.25, -0.2) is 14.4 Å². The van der Waals surface area contributed by atoms with Gasteiger partial charge in [-0.3, -0.25) is 0 Å². The summed E-state index contributed by atoms with van der Waals surface area (Å²) in [5.41, 5.74) is 2.07. The molecule has 0 aliphatic heterocycles. The van der Waals surface area contributed by atoms with Gasteiger partial charge < -0.3 is 19.2 Å². The Labute approximate surface area is 167 Å². The molecular weight excluding hydrogens is 374 g/mol. The number of aryl methyl sites for hydroxylation is 1. The summed E-state index contributed by atoms with van der Waals surface area (Å²) in [5.74, 6) is -0.465. The number of carbonyl (C=O) groups is 2. The lowest BCUT2D eigenvalue weighted by molar-refractivity contribution is -0.136. The molecule has 0 saturated carbocycles. The van der Waals surface area contributed by atoms with Crippen molar-refractivity contribution in [2.24, 2.45) is 0 Å². The Balaban J connectivity index is 1.61. The van der Waals surface area contributed by atoms with Gasteiger partial charge in [0.1, 0.15) is 24.0 Å². The predicted molar refractivity (Wildman–Crippen MR) is 107 cm³/mol. The van der Waals surface area contributed by atoms with Crippen LogP contribution in [0.4, 0.5) is 4.79 Å². The molecule has 0 saturated heterocycles. The zero-order valence-electron chi connectivity index (χ0n) is 16.4. The number of benzene rings is 2. The highest BCUT2D eigenvalue weighted by Gasteiger charge is 2.19. The highest BCUT2D eigenvalue weighted by atomic mass is 16.6. The second-order valence-electron chi connectivity index (χ2n) is 6.65. The van der Waals surface area contributed by atoms with Crippen molar-refractivity contribution >= 4 is 23.0 Å². The van der Waals surface area contributed by atoms with E-state index < -0.39 is 23.7 Å². The number of esters is 1. The molecule has 150 valence electrons. The molecule has 1 amide bonds. The Hall–Kier alpha value is -3.61. The summed E-state index contributed by atoms with van der Waals surface area (Å²) in [7, 11) is 0. The zero-order valence-corrected chi connectivity index (χ0v) is 16.4. The SMILES string of the molecule is Cc1c(C)c2ccc(OC(=O)C(C)NC(=O)OCc3ccccc3)cc2oc1=O. The van der Waals surface area contributed by atoms with Crippen LogP contribution >= 0.6 is 0 Å². The summed E-state index contributed by atoms with van der Waals surface area (Å²) >= 11 is 0. The average Bonchev–Trinajstić information content (AvgIpc) is 2.71. The standard InChI is InChI=1S/C22H21NO6/c1-13-14(2)20(24)29-19-11-17(9-10-18(13)19)28-21(25)15(3)23-22(26)27-12-16-7-5-4-6-8-16/h4-11,15H,12H2,1-3H3,(H,23,26). The topological polar surface area (TPSA) is 94.8 Å². The molecule has 7 heteroatoms. The molecule has 1 aromatic heterocycles. The van der Waals surface area contributed by atoms with Crippen LogP contribution in [0, 0.1) is 13.8 Å². The number of hydrogen-bond acceptors (Lipinski definition) is 6. The van der Waals surface area contributed by atoms with E-state index in [1.54, 1.807) is 19.1 Å². The second kappa shape index (κ2) is 8.60. The first-order valence-electron chi connectivity index (χ1n) is 9.08. The third-order valence-electron chi connectivity index (χ3n) is 4.55. The lowest BCUT2D eigenvalue weighted by Gasteiger charge is -2.14. The number of rotatable bonds is 5.